The highest BCUT2D eigenvalue weighted by atomic mass is 79.9. The number of nitrogens with zero attached hydrogens (tertiary/aromatic N) is 2. The Hall–Kier alpha value is -1.62. The van der Waals surface area contributed by atoms with Crippen LogP contribution >= 0.6 is 27.5 Å². The van der Waals surface area contributed by atoms with Crippen molar-refractivity contribution in [3.63, 3.8) is 0 Å². The smallest absolute Gasteiger partial charge is 0.0994 e. The average Bonchev–Trinajstić information content (AvgIpc) is 2.99. The maximum Gasteiger partial charge on any atom is 0.0994 e. The summed E-state index contributed by atoms with van der Waals surface area (Å²) >= 11 is 9.56. The van der Waals surface area contributed by atoms with Crippen molar-refractivity contribution in [3.8, 4) is 5.69 Å². The molecular weight excluding hydrogens is 350 g/mol. The van der Waals surface area contributed by atoms with Gasteiger partial charge in [-0.1, -0.05) is 41.9 Å². The summed E-state index contributed by atoms with van der Waals surface area (Å²) in [6, 6.07) is 15.5. The molecule has 3 rings (SSSR count). The Balaban J connectivity index is 2.03. The van der Waals surface area contributed by atoms with Crippen LogP contribution in [0.25, 0.3) is 5.69 Å². The van der Waals surface area contributed by atoms with Crippen LogP contribution in [0.1, 0.15) is 17.3 Å². The Morgan fingerprint density at radius 1 is 1.14 bits per heavy atom. The first-order chi connectivity index (χ1) is 10.2. The van der Waals surface area contributed by atoms with Crippen LogP contribution in [0.2, 0.25) is 5.02 Å². The molecule has 1 heterocycles. The Labute approximate surface area is 136 Å². The quantitative estimate of drug-likeness (QED) is 0.753. The Bertz CT molecular complexity index is 755. The zero-order chi connectivity index (χ0) is 14.8. The van der Waals surface area contributed by atoms with E-state index < -0.39 is 0 Å². The summed E-state index contributed by atoms with van der Waals surface area (Å²) in [6.07, 6.45) is 3.53. The largest absolute Gasteiger partial charge is 0.319 e. The third-order valence-electron chi connectivity index (χ3n) is 3.33. The van der Waals surface area contributed by atoms with Crippen LogP contribution in [0.5, 0.6) is 0 Å². The summed E-state index contributed by atoms with van der Waals surface area (Å²) in [6.45, 7) is 0. The minimum atomic E-state index is -0.240. The van der Waals surface area contributed by atoms with Gasteiger partial charge in [-0.05, 0) is 39.7 Å². The molecule has 0 saturated carbocycles. The van der Waals surface area contributed by atoms with E-state index in [9.17, 15) is 0 Å². The third-order valence-corrected chi connectivity index (χ3v) is 4.56. The third kappa shape index (κ3) is 2.88. The fourth-order valence-corrected chi connectivity index (χ4v) is 2.64. The highest BCUT2D eigenvalue weighted by molar-refractivity contribution is 9.10. The number of halogens is 2. The van der Waals surface area contributed by atoms with Gasteiger partial charge in [0.25, 0.3) is 0 Å². The number of hydrogen-bond acceptors (Lipinski definition) is 2. The van der Waals surface area contributed by atoms with Gasteiger partial charge in [-0.25, -0.2) is 4.98 Å². The highest BCUT2D eigenvalue weighted by Crippen LogP contribution is 2.27. The zero-order valence-electron chi connectivity index (χ0n) is 11.1. The van der Waals surface area contributed by atoms with Crippen LogP contribution in [0, 0.1) is 0 Å². The summed E-state index contributed by atoms with van der Waals surface area (Å²) in [4.78, 5) is 4.23. The van der Waals surface area contributed by atoms with Gasteiger partial charge in [0.15, 0.2) is 0 Å². The highest BCUT2D eigenvalue weighted by Gasteiger charge is 2.15. The molecule has 0 fully saturated rings. The Morgan fingerprint density at radius 3 is 2.62 bits per heavy atom. The van der Waals surface area contributed by atoms with E-state index in [1.807, 2.05) is 53.1 Å². The number of imidazole rings is 1. The van der Waals surface area contributed by atoms with E-state index in [4.69, 9.17) is 17.3 Å². The molecule has 1 aromatic heterocycles. The first-order valence-corrected chi connectivity index (χ1v) is 7.62. The zero-order valence-corrected chi connectivity index (χ0v) is 13.4. The van der Waals surface area contributed by atoms with Crippen molar-refractivity contribution in [1.82, 2.24) is 9.55 Å². The second-order valence-corrected chi connectivity index (χ2v) is 5.94. The molecule has 2 aromatic carbocycles. The lowest BCUT2D eigenvalue weighted by atomic mass is 10.1. The minimum Gasteiger partial charge on any atom is -0.319 e. The van der Waals surface area contributed by atoms with Crippen LogP contribution in [0.15, 0.2) is 65.5 Å². The molecule has 0 saturated heterocycles. The molecule has 3 aromatic rings. The van der Waals surface area contributed by atoms with Crippen LogP contribution in [-0.4, -0.2) is 9.55 Å². The molecule has 0 aliphatic rings. The Kier molecular flexibility index (Phi) is 4.10. The Morgan fingerprint density at radius 2 is 1.90 bits per heavy atom. The van der Waals surface area contributed by atoms with Gasteiger partial charge in [-0.2, -0.15) is 0 Å². The standard InChI is InChI=1S/C16H13BrClN3/c17-13-7-6-12(8-14(13)18)21-10-20-9-15(21)16(19)11-4-2-1-3-5-11/h1-10,16H,19H2. The fourth-order valence-electron chi connectivity index (χ4n) is 2.22. The molecule has 21 heavy (non-hydrogen) atoms. The topological polar surface area (TPSA) is 43.8 Å². The van der Waals surface area contributed by atoms with Gasteiger partial charge in [-0.15, -0.1) is 0 Å². The van der Waals surface area contributed by atoms with E-state index >= 15 is 0 Å². The molecule has 5 heteroatoms. The second kappa shape index (κ2) is 6.02. The lowest BCUT2D eigenvalue weighted by Gasteiger charge is -2.15. The van der Waals surface area contributed by atoms with E-state index in [0.29, 0.717) is 5.02 Å². The van der Waals surface area contributed by atoms with Crippen molar-refractivity contribution in [2.24, 2.45) is 5.73 Å². The van der Waals surface area contributed by atoms with Crippen LogP contribution in [-0.2, 0) is 0 Å². The summed E-state index contributed by atoms with van der Waals surface area (Å²) in [5, 5.41) is 0.653. The molecule has 0 bridgehead atoms. The molecule has 2 N–H and O–H groups in total. The van der Waals surface area contributed by atoms with Crippen LogP contribution < -0.4 is 5.73 Å². The first-order valence-electron chi connectivity index (χ1n) is 6.45. The van der Waals surface area contributed by atoms with Crippen LogP contribution in [0.3, 0.4) is 0 Å². The molecule has 0 spiro atoms. The summed E-state index contributed by atoms with van der Waals surface area (Å²) in [5.74, 6) is 0. The van der Waals surface area contributed by atoms with E-state index in [2.05, 4.69) is 20.9 Å². The lowest BCUT2D eigenvalue weighted by Crippen LogP contribution is -2.15. The molecule has 1 atom stereocenters. The number of benzene rings is 2. The van der Waals surface area contributed by atoms with E-state index in [1.165, 1.54) is 0 Å². The van der Waals surface area contributed by atoms with Crippen molar-refractivity contribution in [1.29, 1.82) is 0 Å². The van der Waals surface area contributed by atoms with Crippen molar-refractivity contribution in [2.75, 3.05) is 0 Å². The summed E-state index contributed by atoms with van der Waals surface area (Å²) in [7, 11) is 0. The van der Waals surface area contributed by atoms with Gasteiger partial charge in [0.1, 0.15) is 0 Å². The maximum atomic E-state index is 6.36. The first kappa shape index (κ1) is 14.3. The molecule has 0 radical (unpaired) electrons. The number of aromatic nitrogens is 2. The van der Waals surface area contributed by atoms with Crippen molar-refractivity contribution in [2.45, 2.75) is 6.04 Å². The summed E-state index contributed by atoms with van der Waals surface area (Å²) in [5.41, 5.74) is 9.26. The van der Waals surface area contributed by atoms with Gasteiger partial charge >= 0.3 is 0 Å². The minimum absolute atomic E-state index is 0.240. The second-order valence-electron chi connectivity index (χ2n) is 4.68. The van der Waals surface area contributed by atoms with Gasteiger partial charge in [0.05, 0.1) is 29.3 Å². The molecule has 0 aliphatic heterocycles. The SMILES string of the molecule is NC(c1ccccc1)c1cncn1-c1ccc(Br)c(Cl)c1. The van der Waals surface area contributed by atoms with Crippen molar-refractivity contribution >= 4 is 27.5 Å². The normalized spacial score (nSPS) is 12.3. The van der Waals surface area contributed by atoms with Gasteiger partial charge in [0, 0.05) is 10.2 Å². The fraction of sp³-hybridized carbons (Fsp3) is 0.0625. The van der Waals surface area contributed by atoms with Gasteiger partial charge in [-0.3, -0.25) is 0 Å². The number of hydrogen-bond donors (Lipinski definition) is 1. The number of rotatable bonds is 3. The average molecular weight is 363 g/mol. The predicted molar refractivity (Wildman–Crippen MR) is 88.7 cm³/mol. The van der Waals surface area contributed by atoms with E-state index in [-0.39, 0.29) is 6.04 Å². The molecule has 0 amide bonds. The monoisotopic (exact) mass is 361 g/mol. The molecule has 1 unspecified atom stereocenters. The van der Waals surface area contributed by atoms with Crippen molar-refractivity contribution in [3.05, 3.63) is 81.8 Å². The van der Waals surface area contributed by atoms with E-state index in [1.54, 1.807) is 12.5 Å². The van der Waals surface area contributed by atoms with Crippen LogP contribution in [0.4, 0.5) is 0 Å². The molecule has 0 aliphatic carbocycles. The van der Waals surface area contributed by atoms with E-state index in [0.717, 1.165) is 21.4 Å². The molecule has 3 nitrogen and oxygen atoms in total. The summed E-state index contributed by atoms with van der Waals surface area (Å²) < 4.78 is 2.82. The molecular formula is C16H13BrClN3. The lowest BCUT2D eigenvalue weighted by molar-refractivity contribution is 0.793. The number of nitrogens with two attached hydrogens (primary N) is 1. The van der Waals surface area contributed by atoms with Crippen molar-refractivity contribution < 1.29 is 0 Å². The maximum absolute atomic E-state index is 6.36. The van der Waals surface area contributed by atoms with Gasteiger partial charge < -0.3 is 10.3 Å². The predicted octanol–water partition coefficient (Wildman–Crippen LogP) is 4.34. The molecule has 106 valence electrons. The van der Waals surface area contributed by atoms with Gasteiger partial charge in [0.2, 0.25) is 0 Å².